The molecule has 1 unspecified atom stereocenters. The normalized spacial score (nSPS) is 13.4. The van der Waals surface area contributed by atoms with Gasteiger partial charge in [-0.3, -0.25) is 0 Å². The number of hydrogen-bond donors (Lipinski definition) is 0. The van der Waals surface area contributed by atoms with E-state index in [4.69, 9.17) is 0 Å². The van der Waals surface area contributed by atoms with Gasteiger partial charge >= 0.3 is 0 Å². The maximum absolute atomic E-state index is 2.36. The van der Waals surface area contributed by atoms with Crippen LogP contribution in [0, 0.1) is 0 Å². The zero-order chi connectivity index (χ0) is 36.3. The van der Waals surface area contributed by atoms with Crippen molar-refractivity contribution in [3.63, 3.8) is 0 Å². The predicted molar refractivity (Wildman–Crippen MR) is 224 cm³/mol. The van der Waals surface area contributed by atoms with Crippen molar-refractivity contribution in [2.24, 2.45) is 0 Å². The van der Waals surface area contributed by atoms with Gasteiger partial charge in [-0.15, -0.1) is 0 Å². The number of fused-ring (bicyclic) bond motifs is 8. The molecule has 0 bridgehead atoms. The highest BCUT2D eigenvalue weighted by molar-refractivity contribution is 5.92. The molecule has 0 saturated carbocycles. The van der Waals surface area contributed by atoms with Crippen molar-refractivity contribution in [3.05, 3.63) is 179 Å². The van der Waals surface area contributed by atoms with E-state index in [1.807, 2.05) is 55.4 Å². The number of rotatable bonds is 1. The largest absolute Gasteiger partial charge is 0.0683 e. The Labute approximate surface area is 302 Å². The van der Waals surface area contributed by atoms with Crippen LogP contribution in [0.15, 0.2) is 152 Å². The van der Waals surface area contributed by atoms with Gasteiger partial charge < -0.3 is 0 Å². The molecule has 7 aromatic carbocycles. The van der Waals surface area contributed by atoms with E-state index in [2.05, 4.69) is 166 Å². The average Bonchev–Trinajstić information content (AvgIpc) is 3.65. The van der Waals surface area contributed by atoms with Gasteiger partial charge in [-0.2, -0.15) is 0 Å². The molecular weight excluding hydrogens is 601 g/mol. The Kier molecular flexibility index (Phi) is 13.4. The van der Waals surface area contributed by atoms with Crippen LogP contribution in [0.2, 0.25) is 0 Å². The first kappa shape index (κ1) is 37.9. The van der Waals surface area contributed by atoms with E-state index < -0.39 is 0 Å². The maximum Gasteiger partial charge on any atom is 0.0435 e. The molecule has 0 aliphatic heterocycles. The van der Waals surface area contributed by atoms with Crippen LogP contribution in [0.25, 0.3) is 43.8 Å². The van der Waals surface area contributed by atoms with Crippen LogP contribution >= 0.6 is 0 Å². The molecule has 0 nitrogen and oxygen atoms in total. The van der Waals surface area contributed by atoms with Crippen molar-refractivity contribution in [1.82, 2.24) is 0 Å². The molecule has 256 valence electrons. The lowest BCUT2D eigenvalue weighted by Crippen LogP contribution is -2.22. The maximum atomic E-state index is 2.36. The first-order valence-electron chi connectivity index (χ1n) is 18.9. The lowest BCUT2D eigenvalue weighted by molar-refractivity contribution is 0.715. The molecule has 7 aromatic rings. The average molecular weight is 657 g/mol. The van der Waals surface area contributed by atoms with E-state index in [1.54, 1.807) is 0 Å². The van der Waals surface area contributed by atoms with Gasteiger partial charge in [0, 0.05) is 11.3 Å². The molecular formula is C50H56. The summed E-state index contributed by atoms with van der Waals surface area (Å²) >= 11 is 0. The quantitative estimate of drug-likeness (QED) is 0.165. The molecule has 0 N–H and O–H groups in total. The second-order valence-electron chi connectivity index (χ2n) is 11.9. The van der Waals surface area contributed by atoms with E-state index >= 15 is 0 Å². The smallest absolute Gasteiger partial charge is 0.0435 e. The third-order valence-corrected chi connectivity index (χ3v) is 9.65. The molecule has 50 heavy (non-hydrogen) atoms. The van der Waals surface area contributed by atoms with Crippen LogP contribution in [-0.2, 0) is 5.41 Å². The van der Waals surface area contributed by atoms with Crippen LogP contribution in [0.5, 0.6) is 0 Å². The molecule has 1 atom stereocenters. The molecule has 0 heterocycles. The second-order valence-corrected chi connectivity index (χ2v) is 11.9. The minimum atomic E-state index is -0.1000. The highest BCUT2D eigenvalue weighted by Crippen LogP contribution is 2.52. The van der Waals surface area contributed by atoms with E-state index in [-0.39, 0.29) is 5.41 Å². The Bertz CT molecular complexity index is 2080. The fraction of sp³-hybridized carbons (Fsp3) is 0.240. The summed E-state index contributed by atoms with van der Waals surface area (Å²) in [6.45, 7) is 20.7. The Hall–Kier alpha value is -4.94. The van der Waals surface area contributed by atoms with Gasteiger partial charge in [0.05, 0.1) is 0 Å². The van der Waals surface area contributed by atoms with Crippen LogP contribution in [0.3, 0.4) is 0 Å². The molecule has 0 saturated heterocycles. The van der Waals surface area contributed by atoms with Crippen molar-refractivity contribution in [1.29, 1.82) is 0 Å². The Morgan fingerprint density at radius 1 is 0.360 bits per heavy atom. The fourth-order valence-electron chi connectivity index (χ4n) is 7.40. The topological polar surface area (TPSA) is 0 Å². The lowest BCUT2D eigenvalue weighted by atomic mass is 9.74. The Balaban J connectivity index is 0.000000193. The first-order chi connectivity index (χ1) is 24.6. The third kappa shape index (κ3) is 6.90. The Morgan fingerprint density at radius 2 is 0.780 bits per heavy atom. The van der Waals surface area contributed by atoms with Crippen molar-refractivity contribution in [3.8, 4) is 22.3 Å². The first-order valence-corrected chi connectivity index (χ1v) is 18.9. The summed E-state index contributed by atoms with van der Waals surface area (Å²) in [5, 5.41) is 5.28. The summed E-state index contributed by atoms with van der Waals surface area (Å²) in [6.07, 6.45) is 0. The number of benzene rings is 7. The van der Waals surface area contributed by atoms with E-state index in [0.717, 1.165) is 0 Å². The second kappa shape index (κ2) is 17.6. The standard InChI is InChI=1S/C24H18.C18H14.4C2H6/c1-24(19-15-14-17-8-2-3-9-18(17)16-19)22-12-6-4-10-20(22)21-11-5-7-13-23(21)24;1-12-15-8-4-5-9-16(15)18-11-14-7-3-2-6-13(14)10-17(12)18;4*1-2/h2-16H,1H3;2-12H,1H3;4*1-2H3. The summed E-state index contributed by atoms with van der Waals surface area (Å²) in [5.74, 6) is 0.515. The molecule has 0 amide bonds. The van der Waals surface area contributed by atoms with E-state index in [1.165, 1.54) is 71.6 Å². The highest BCUT2D eigenvalue weighted by Gasteiger charge is 2.40. The molecule has 9 rings (SSSR count). The molecule has 0 fully saturated rings. The van der Waals surface area contributed by atoms with Crippen LogP contribution in [0.4, 0.5) is 0 Å². The van der Waals surface area contributed by atoms with Gasteiger partial charge in [0.1, 0.15) is 0 Å². The van der Waals surface area contributed by atoms with Crippen LogP contribution in [-0.4, -0.2) is 0 Å². The fourth-order valence-corrected chi connectivity index (χ4v) is 7.40. The summed E-state index contributed by atoms with van der Waals surface area (Å²) in [5.41, 5.74) is 12.5. The summed E-state index contributed by atoms with van der Waals surface area (Å²) < 4.78 is 0. The van der Waals surface area contributed by atoms with Crippen molar-refractivity contribution in [2.75, 3.05) is 0 Å². The van der Waals surface area contributed by atoms with Crippen LogP contribution in [0.1, 0.15) is 103 Å². The van der Waals surface area contributed by atoms with Gasteiger partial charge in [-0.1, -0.05) is 196 Å². The van der Waals surface area contributed by atoms with Crippen molar-refractivity contribution >= 4 is 21.5 Å². The number of hydrogen-bond acceptors (Lipinski definition) is 0. The molecule has 0 aromatic heterocycles. The zero-order valence-corrected chi connectivity index (χ0v) is 32.0. The van der Waals surface area contributed by atoms with Gasteiger partial charge in [0.2, 0.25) is 0 Å². The SMILES string of the molecule is CC.CC.CC.CC.CC1(c2ccc3ccccc3c2)c2ccccc2-c2ccccc21.CC1c2ccccc2-c2cc3ccccc3cc21. The van der Waals surface area contributed by atoms with Crippen molar-refractivity contribution in [2.45, 2.75) is 80.6 Å². The van der Waals surface area contributed by atoms with Gasteiger partial charge in [-0.05, 0) is 96.7 Å². The van der Waals surface area contributed by atoms with E-state index in [0.29, 0.717) is 5.92 Å². The minimum absolute atomic E-state index is 0.1000. The summed E-state index contributed by atoms with van der Waals surface area (Å²) in [7, 11) is 0. The highest BCUT2D eigenvalue weighted by atomic mass is 14.4. The summed E-state index contributed by atoms with van der Waals surface area (Å²) in [4.78, 5) is 0. The lowest BCUT2D eigenvalue weighted by Gasteiger charge is -2.28. The minimum Gasteiger partial charge on any atom is -0.0683 e. The van der Waals surface area contributed by atoms with Crippen molar-refractivity contribution < 1.29 is 0 Å². The third-order valence-electron chi connectivity index (χ3n) is 9.65. The Morgan fingerprint density at radius 3 is 1.34 bits per heavy atom. The van der Waals surface area contributed by atoms with Gasteiger partial charge in [0.25, 0.3) is 0 Å². The molecule has 2 aliphatic carbocycles. The summed E-state index contributed by atoms with van der Waals surface area (Å²) in [6, 6.07) is 55.2. The molecule has 0 spiro atoms. The molecule has 0 heteroatoms. The van der Waals surface area contributed by atoms with E-state index in [9.17, 15) is 0 Å². The van der Waals surface area contributed by atoms with Gasteiger partial charge in [0.15, 0.2) is 0 Å². The predicted octanol–water partition coefficient (Wildman–Crippen LogP) is 15.3. The van der Waals surface area contributed by atoms with Gasteiger partial charge in [-0.25, -0.2) is 0 Å². The monoisotopic (exact) mass is 656 g/mol. The molecule has 0 radical (unpaired) electrons. The molecule has 2 aliphatic rings. The van der Waals surface area contributed by atoms with Crippen LogP contribution < -0.4 is 0 Å². The zero-order valence-electron chi connectivity index (χ0n) is 32.0.